The minimum Gasteiger partial charge on any atom is -0.383 e. The van der Waals surface area contributed by atoms with E-state index in [9.17, 15) is 4.79 Å². The fourth-order valence-corrected chi connectivity index (χ4v) is 3.41. The monoisotopic (exact) mass is 332 g/mol. The van der Waals surface area contributed by atoms with Crippen molar-refractivity contribution in [3.05, 3.63) is 0 Å². The molecular formula is C12H20N4O3S2. The Balaban J connectivity index is 1.64. The van der Waals surface area contributed by atoms with Crippen molar-refractivity contribution >= 4 is 34.1 Å². The zero-order valence-electron chi connectivity index (χ0n) is 12.0. The summed E-state index contributed by atoms with van der Waals surface area (Å²) >= 11 is 2.84. The molecule has 2 heterocycles. The van der Waals surface area contributed by atoms with Crippen molar-refractivity contribution in [3.63, 3.8) is 0 Å². The summed E-state index contributed by atoms with van der Waals surface area (Å²) in [5.74, 6) is 0.311. The lowest BCUT2D eigenvalue weighted by atomic mass is 10.2. The SMILES string of the molecule is COCCNC(=O)CSc1nnc(NC[C@H]2CCCO2)s1. The van der Waals surface area contributed by atoms with Gasteiger partial charge in [-0.1, -0.05) is 23.1 Å². The quantitative estimate of drug-likeness (QED) is 0.515. The number of anilines is 1. The molecule has 21 heavy (non-hydrogen) atoms. The van der Waals surface area contributed by atoms with Crippen molar-refractivity contribution < 1.29 is 14.3 Å². The number of carbonyl (C=O) groups excluding carboxylic acids is 1. The maximum Gasteiger partial charge on any atom is 0.230 e. The number of nitrogens with one attached hydrogen (secondary N) is 2. The lowest BCUT2D eigenvalue weighted by Crippen LogP contribution is -2.28. The molecule has 0 radical (unpaired) electrons. The first-order valence-corrected chi connectivity index (χ1v) is 8.65. The highest BCUT2D eigenvalue weighted by Gasteiger charge is 2.16. The van der Waals surface area contributed by atoms with E-state index in [1.807, 2.05) is 0 Å². The molecule has 7 nitrogen and oxygen atoms in total. The second-order valence-corrected chi connectivity index (χ2v) is 6.72. The summed E-state index contributed by atoms with van der Waals surface area (Å²) in [7, 11) is 1.60. The lowest BCUT2D eigenvalue weighted by molar-refractivity contribution is -0.118. The second-order valence-electron chi connectivity index (χ2n) is 4.52. The molecule has 1 aromatic rings. The molecule has 0 aliphatic carbocycles. The van der Waals surface area contributed by atoms with Gasteiger partial charge in [-0.2, -0.15) is 0 Å². The molecule has 1 amide bonds. The summed E-state index contributed by atoms with van der Waals surface area (Å²) < 4.78 is 11.2. The van der Waals surface area contributed by atoms with E-state index < -0.39 is 0 Å². The van der Waals surface area contributed by atoms with Crippen molar-refractivity contribution in [2.45, 2.75) is 23.3 Å². The fraction of sp³-hybridized carbons (Fsp3) is 0.750. The third kappa shape index (κ3) is 6.16. The molecule has 0 spiro atoms. The van der Waals surface area contributed by atoms with E-state index in [1.54, 1.807) is 7.11 Å². The van der Waals surface area contributed by atoms with E-state index in [-0.39, 0.29) is 12.0 Å². The van der Waals surface area contributed by atoms with E-state index >= 15 is 0 Å². The second kappa shape index (κ2) is 9.19. The molecule has 0 unspecified atom stereocenters. The van der Waals surface area contributed by atoms with E-state index in [0.29, 0.717) is 18.9 Å². The first kappa shape index (κ1) is 16.5. The van der Waals surface area contributed by atoms with Crippen molar-refractivity contribution in [1.82, 2.24) is 15.5 Å². The highest BCUT2D eigenvalue weighted by Crippen LogP contribution is 2.25. The molecule has 1 aliphatic heterocycles. The van der Waals surface area contributed by atoms with Gasteiger partial charge in [0.05, 0.1) is 18.5 Å². The molecule has 2 rings (SSSR count). The molecule has 2 N–H and O–H groups in total. The molecule has 9 heteroatoms. The van der Waals surface area contributed by atoms with Crippen LogP contribution in [0, 0.1) is 0 Å². The number of aromatic nitrogens is 2. The van der Waals surface area contributed by atoms with Gasteiger partial charge in [-0.3, -0.25) is 4.79 Å². The topological polar surface area (TPSA) is 85.4 Å². The Morgan fingerprint density at radius 2 is 2.48 bits per heavy atom. The van der Waals surface area contributed by atoms with Crippen LogP contribution < -0.4 is 10.6 Å². The smallest absolute Gasteiger partial charge is 0.230 e. The highest BCUT2D eigenvalue weighted by atomic mass is 32.2. The standard InChI is InChI=1S/C12H20N4O3S2/c1-18-6-4-13-10(17)8-20-12-16-15-11(21-12)14-7-9-3-2-5-19-9/h9H,2-8H2,1H3,(H,13,17)(H,14,15)/t9-/m1/s1. The van der Waals surface area contributed by atoms with Crippen LogP contribution in [0.15, 0.2) is 4.34 Å². The molecule has 1 atom stereocenters. The van der Waals surface area contributed by atoms with Gasteiger partial charge in [0, 0.05) is 26.8 Å². The van der Waals surface area contributed by atoms with E-state index in [4.69, 9.17) is 9.47 Å². The minimum absolute atomic E-state index is 0.0267. The predicted octanol–water partition coefficient (Wildman–Crippen LogP) is 0.984. The van der Waals surface area contributed by atoms with Crippen LogP contribution in [0.4, 0.5) is 5.13 Å². The Bertz CT molecular complexity index is 438. The van der Waals surface area contributed by atoms with Crippen LogP contribution in [0.2, 0.25) is 0 Å². The zero-order chi connectivity index (χ0) is 14.9. The molecule has 0 saturated carbocycles. The molecule has 1 aromatic heterocycles. The first-order chi connectivity index (χ1) is 10.3. The Kier molecular flexibility index (Phi) is 7.20. The maximum atomic E-state index is 11.5. The highest BCUT2D eigenvalue weighted by molar-refractivity contribution is 8.01. The van der Waals surface area contributed by atoms with Crippen LogP contribution in [-0.2, 0) is 14.3 Å². The van der Waals surface area contributed by atoms with Gasteiger partial charge in [-0.25, -0.2) is 0 Å². The molecule has 1 saturated heterocycles. The number of methoxy groups -OCH3 is 1. The van der Waals surface area contributed by atoms with Gasteiger partial charge in [-0.15, -0.1) is 10.2 Å². The summed E-state index contributed by atoms with van der Waals surface area (Å²) in [6, 6.07) is 0. The van der Waals surface area contributed by atoms with Gasteiger partial charge in [-0.05, 0) is 12.8 Å². The number of carbonyl (C=O) groups is 1. The number of amides is 1. The Labute approximate surface area is 132 Å². The van der Waals surface area contributed by atoms with Gasteiger partial charge in [0.2, 0.25) is 11.0 Å². The predicted molar refractivity (Wildman–Crippen MR) is 83.0 cm³/mol. The van der Waals surface area contributed by atoms with Crippen molar-refractivity contribution in [1.29, 1.82) is 0 Å². The number of rotatable bonds is 9. The number of nitrogens with zero attached hydrogens (tertiary/aromatic N) is 2. The maximum absolute atomic E-state index is 11.5. The summed E-state index contributed by atoms with van der Waals surface area (Å²) in [5, 5.41) is 14.9. The average Bonchev–Trinajstić information content (AvgIpc) is 3.15. The van der Waals surface area contributed by atoms with Crippen LogP contribution >= 0.6 is 23.1 Å². The van der Waals surface area contributed by atoms with Crippen molar-refractivity contribution in [2.24, 2.45) is 0 Å². The lowest BCUT2D eigenvalue weighted by Gasteiger charge is -2.08. The third-order valence-electron chi connectivity index (χ3n) is 2.87. The number of hydrogen-bond donors (Lipinski definition) is 2. The molecular weight excluding hydrogens is 312 g/mol. The minimum atomic E-state index is -0.0267. The van der Waals surface area contributed by atoms with Gasteiger partial charge in [0.25, 0.3) is 0 Å². The van der Waals surface area contributed by atoms with Gasteiger partial charge in [0.15, 0.2) is 4.34 Å². The summed E-state index contributed by atoms with van der Waals surface area (Å²) in [5.41, 5.74) is 0. The normalized spacial score (nSPS) is 17.9. The van der Waals surface area contributed by atoms with Gasteiger partial charge < -0.3 is 20.1 Å². The summed E-state index contributed by atoms with van der Waals surface area (Å²) in [6.45, 7) is 2.66. The van der Waals surface area contributed by atoms with E-state index in [0.717, 1.165) is 35.5 Å². The number of hydrogen-bond acceptors (Lipinski definition) is 8. The van der Waals surface area contributed by atoms with Gasteiger partial charge >= 0.3 is 0 Å². The Morgan fingerprint density at radius 3 is 3.24 bits per heavy atom. The van der Waals surface area contributed by atoms with Crippen LogP contribution in [0.25, 0.3) is 0 Å². The Morgan fingerprint density at radius 1 is 1.57 bits per heavy atom. The number of ether oxygens (including phenoxy) is 2. The zero-order valence-corrected chi connectivity index (χ0v) is 13.6. The Hall–Kier alpha value is -0.900. The van der Waals surface area contributed by atoms with Crippen molar-refractivity contribution in [3.8, 4) is 0 Å². The van der Waals surface area contributed by atoms with E-state index in [2.05, 4.69) is 20.8 Å². The van der Waals surface area contributed by atoms with Crippen LogP contribution in [0.1, 0.15) is 12.8 Å². The molecule has 0 aromatic carbocycles. The fourth-order valence-electron chi connectivity index (χ4n) is 1.82. The first-order valence-electron chi connectivity index (χ1n) is 6.85. The van der Waals surface area contributed by atoms with Crippen LogP contribution in [-0.4, -0.2) is 61.4 Å². The van der Waals surface area contributed by atoms with Crippen LogP contribution in [0.5, 0.6) is 0 Å². The number of thioether (sulfide) groups is 1. The van der Waals surface area contributed by atoms with Crippen LogP contribution in [0.3, 0.4) is 0 Å². The summed E-state index contributed by atoms with van der Waals surface area (Å²) in [4.78, 5) is 11.5. The molecule has 118 valence electrons. The van der Waals surface area contributed by atoms with Crippen molar-refractivity contribution in [2.75, 3.05) is 44.5 Å². The molecule has 1 aliphatic rings. The van der Waals surface area contributed by atoms with E-state index in [1.165, 1.54) is 23.1 Å². The third-order valence-corrected chi connectivity index (χ3v) is 4.88. The largest absolute Gasteiger partial charge is 0.383 e. The van der Waals surface area contributed by atoms with Gasteiger partial charge in [0.1, 0.15) is 0 Å². The molecule has 1 fully saturated rings. The average molecular weight is 332 g/mol. The summed E-state index contributed by atoms with van der Waals surface area (Å²) in [6.07, 6.45) is 2.49. The molecule has 0 bridgehead atoms.